The van der Waals surface area contributed by atoms with Crippen LogP contribution >= 0.6 is 0 Å². The van der Waals surface area contributed by atoms with Gasteiger partial charge in [-0.15, -0.1) is 0 Å². The van der Waals surface area contributed by atoms with Crippen molar-refractivity contribution in [1.29, 1.82) is 0 Å². The monoisotopic (exact) mass is 224 g/mol. The van der Waals surface area contributed by atoms with Crippen LogP contribution in [-0.4, -0.2) is 19.5 Å². The molecule has 92 valence electrons. The van der Waals surface area contributed by atoms with E-state index < -0.39 is 0 Å². The van der Waals surface area contributed by atoms with Crippen LogP contribution in [0.25, 0.3) is 0 Å². The van der Waals surface area contributed by atoms with Crippen molar-refractivity contribution < 1.29 is 9.47 Å². The molecule has 0 unspecified atom stereocenters. The Balaban J connectivity index is 2.13. The molecule has 0 radical (unpaired) electrons. The van der Waals surface area contributed by atoms with Gasteiger partial charge in [0.15, 0.2) is 6.29 Å². The fraction of sp³-hybridized carbons (Fsp3) is 0.857. The first-order valence-corrected chi connectivity index (χ1v) is 6.49. The van der Waals surface area contributed by atoms with Crippen molar-refractivity contribution in [3.05, 3.63) is 11.6 Å². The standard InChI is InChI=1S/C14H24O2/c1-5-13-15-8-14(9-16-13)11(3)6-10(2)7-12(14)4/h6,11-13H,5,7-9H2,1-4H3/t11-,12-,13?,14?/m0/s1. The molecule has 16 heavy (non-hydrogen) atoms. The topological polar surface area (TPSA) is 18.5 Å². The van der Waals surface area contributed by atoms with Gasteiger partial charge in [0.05, 0.1) is 13.2 Å². The summed E-state index contributed by atoms with van der Waals surface area (Å²) in [6.45, 7) is 10.7. The van der Waals surface area contributed by atoms with Gasteiger partial charge in [0, 0.05) is 5.41 Å². The third-order valence-corrected chi connectivity index (χ3v) is 4.46. The molecule has 1 fully saturated rings. The van der Waals surface area contributed by atoms with Crippen LogP contribution in [0.4, 0.5) is 0 Å². The van der Waals surface area contributed by atoms with Gasteiger partial charge in [-0.25, -0.2) is 0 Å². The second-order valence-electron chi connectivity index (χ2n) is 5.60. The van der Waals surface area contributed by atoms with Gasteiger partial charge in [0.25, 0.3) is 0 Å². The number of rotatable bonds is 1. The molecule has 0 aromatic heterocycles. The molecule has 2 heteroatoms. The zero-order chi connectivity index (χ0) is 11.8. The average molecular weight is 224 g/mol. The highest BCUT2D eigenvalue weighted by molar-refractivity contribution is 5.13. The molecule has 0 aromatic rings. The summed E-state index contributed by atoms with van der Waals surface area (Å²) in [6.07, 6.45) is 4.57. The van der Waals surface area contributed by atoms with E-state index in [1.165, 1.54) is 12.0 Å². The van der Waals surface area contributed by atoms with Crippen LogP contribution in [0.3, 0.4) is 0 Å². The first kappa shape index (κ1) is 12.1. The first-order chi connectivity index (χ1) is 7.58. The lowest BCUT2D eigenvalue weighted by Gasteiger charge is -2.49. The van der Waals surface area contributed by atoms with Crippen LogP contribution in [0.2, 0.25) is 0 Å². The van der Waals surface area contributed by atoms with Crippen molar-refractivity contribution in [2.24, 2.45) is 17.3 Å². The summed E-state index contributed by atoms with van der Waals surface area (Å²) >= 11 is 0. The lowest BCUT2D eigenvalue weighted by Crippen LogP contribution is -2.50. The maximum absolute atomic E-state index is 5.85. The molecule has 2 nitrogen and oxygen atoms in total. The highest BCUT2D eigenvalue weighted by Crippen LogP contribution is 2.46. The minimum absolute atomic E-state index is 0.0250. The Hall–Kier alpha value is -0.340. The molecule has 0 saturated carbocycles. The van der Waals surface area contributed by atoms with Crippen LogP contribution in [0.1, 0.15) is 40.5 Å². The molecule has 1 aliphatic heterocycles. The Morgan fingerprint density at radius 3 is 2.44 bits per heavy atom. The molecule has 1 spiro atoms. The summed E-state index contributed by atoms with van der Waals surface area (Å²) in [5, 5.41) is 0. The van der Waals surface area contributed by atoms with Gasteiger partial charge < -0.3 is 9.47 Å². The second kappa shape index (κ2) is 4.50. The quantitative estimate of drug-likeness (QED) is 0.636. The second-order valence-corrected chi connectivity index (χ2v) is 5.60. The van der Waals surface area contributed by atoms with E-state index in [1.54, 1.807) is 0 Å². The number of ether oxygens (including phenoxy) is 2. The third-order valence-electron chi connectivity index (χ3n) is 4.46. The Morgan fingerprint density at radius 1 is 1.31 bits per heavy atom. The fourth-order valence-corrected chi connectivity index (χ4v) is 3.16. The van der Waals surface area contributed by atoms with E-state index in [0.29, 0.717) is 11.8 Å². The fourth-order valence-electron chi connectivity index (χ4n) is 3.16. The van der Waals surface area contributed by atoms with Crippen LogP contribution in [0.5, 0.6) is 0 Å². The van der Waals surface area contributed by atoms with Crippen LogP contribution in [-0.2, 0) is 9.47 Å². The highest BCUT2D eigenvalue weighted by atomic mass is 16.7. The van der Waals surface area contributed by atoms with Gasteiger partial charge in [0.1, 0.15) is 0 Å². The summed E-state index contributed by atoms with van der Waals surface area (Å²) in [7, 11) is 0. The van der Waals surface area contributed by atoms with Crippen LogP contribution in [0, 0.1) is 17.3 Å². The lowest BCUT2D eigenvalue weighted by molar-refractivity contribution is -0.250. The summed E-state index contributed by atoms with van der Waals surface area (Å²) in [5.74, 6) is 1.22. The molecular formula is C14H24O2. The molecular weight excluding hydrogens is 200 g/mol. The summed E-state index contributed by atoms with van der Waals surface area (Å²) in [6, 6.07) is 0. The predicted molar refractivity (Wildman–Crippen MR) is 65.1 cm³/mol. The molecule has 1 heterocycles. The zero-order valence-corrected chi connectivity index (χ0v) is 11.0. The van der Waals surface area contributed by atoms with Crippen molar-refractivity contribution >= 4 is 0 Å². The number of hydrogen-bond donors (Lipinski definition) is 0. The van der Waals surface area contributed by atoms with E-state index in [4.69, 9.17) is 9.47 Å². The summed E-state index contributed by atoms with van der Waals surface area (Å²) < 4.78 is 11.7. The molecule has 0 bridgehead atoms. The van der Waals surface area contributed by atoms with Gasteiger partial charge >= 0.3 is 0 Å². The van der Waals surface area contributed by atoms with Crippen molar-refractivity contribution in [2.45, 2.75) is 46.8 Å². The maximum Gasteiger partial charge on any atom is 0.157 e. The van der Waals surface area contributed by atoms with E-state index in [-0.39, 0.29) is 11.7 Å². The van der Waals surface area contributed by atoms with Crippen LogP contribution < -0.4 is 0 Å². The van der Waals surface area contributed by atoms with Crippen molar-refractivity contribution in [3.8, 4) is 0 Å². The summed E-state index contributed by atoms with van der Waals surface area (Å²) in [5.41, 5.74) is 1.73. The van der Waals surface area contributed by atoms with Gasteiger partial charge in [-0.3, -0.25) is 0 Å². The van der Waals surface area contributed by atoms with Gasteiger partial charge in [-0.1, -0.05) is 32.4 Å². The largest absolute Gasteiger partial charge is 0.352 e. The average Bonchev–Trinajstić information content (AvgIpc) is 2.27. The molecule has 0 N–H and O–H groups in total. The van der Waals surface area contributed by atoms with Crippen molar-refractivity contribution in [1.82, 2.24) is 0 Å². The Morgan fingerprint density at radius 2 is 1.94 bits per heavy atom. The Bertz CT molecular complexity index is 274. The zero-order valence-electron chi connectivity index (χ0n) is 11.0. The minimum atomic E-state index is 0.0250. The Labute approximate surface area is 99.0 Å². The lowest BCUT2D eigenvalue weighted by atomic mass is 9.63. The first-order valence-electron chi connectivity index (χ1n) is 6.49. The highest BCUT2D eigenvalue weighted by Gasteiger charge is 2.46. The van der Waals surface area contributed by atoms with E-state index >= 15 is 0 Å². The van der Waals surface area contributed by atoms with Gasteiger partial charge in [0.2, 0.25) is 0 Å². The van der Waals surface area contributed by atoms with Crippen molar-refractivity contribution in [3.63, 3.8) is 0 Å². The number of hydrogen-bond acceptors (Lipinski definition) is 2. The molecule has 2 rings (SSSR count). The minimum Gasteiger partial charge on any atom is -0.352 e. The van der Waals surface area contributed by atoms with Crippen LogP contribution in [0.15, 0.2) is 11.6 Å². The molecule has 2 atom stereocenters. The van der Waals surface area contributed by atoms with Gasteiger partial charge in [-0.2, -0.15) is 0 Å². The SMILES string of the molecule is CCC1OCC2(CO1)[C@@H](C)C=C(C)C[C@@H]2C. The van der Waals surface area contributed by atoms with E-state index in [1.807, 2.05) is 0 Å². The molecule has 1 saturated heterocycles. The van der Waals surface area contributed by atoms with Crippen molar-refractivity contribution in [2.75, 3.05) is 13.2 Å². The van der Waals surface area contributed by atoms with E-state index in [0.717, 1.165) is 19.6 Å². The Kier molecular flexibility index (Phi) is 3.41. The normalized spacial score (nSPS) is 44.5. The molecule has 2 aliphatic rings. The van der Waals surface area contributed by atoms with Gasteiger partial charge in [-0.05, 0) is 31.6 Å². The number of allylic oxidation sites excluding steroid dienone is 2. The molecule has 0 aromatic carbocycles. The smallest absolute Gasteiger partial charge is 0.157 e. The summed E-state index contributed by atoms with van der Waals surface area (Å²) in [4.78, 5) is 0. The molecule has 1 aliphatic carbocycles. The van der Waals surface area contributed by atoms with E-state index in [2.05, 4.69) is 33.8 Å². The molecule has 0 amide bonds. The third kappa shape index (κ3) is 1.93. The van der Waals surface area contributed by atoms with E-state index in [9.17, 15) is 0 Å². The predicted octanol–water partition coefficient (Wildman–Crippen LogP) is 3.38. The maximum atomic E-state index is 5.85.